The van der Waals surface area contributed by atoms with E-state index in [2.05, 4.69) is 32.0 Å². The Morgan fingerprint density at radius 1 is 1.23 bits per heavy atom. The van der Waals surface area contributed by atoms with Crippen LogP contribution in [0.25, 0.3) is 20.4 Å². The van der Waals surface area contributed by atoms with Gasteiger partial charge in [0.05, 0.1) is 23.4 Å². The van der Waals surface area contributed by atoms with Gasteiger partial charge >= 0.3 is 0 Å². The van der Waals surface area contributed by atoms with Crippen LogP contribution in [0, 0.1) is 6.92 Å². The van der Waals surface area contributed by atoms with Crippen LogP contribution in [0.2, 0.25) is 0 Å². The number of fused-ring (bicyclic) bond motifs is 4. The van der Waals surface area contributed by atoms with Crippen molar-refractivity contribution in [2.45, 2.75) is 58.8 Å². The fourth-order valence-corrected chi connectivity index (χ4v) is 5.21. The quantitative estimate of drug-likeness (QED) is 0.477. The number of nitrogens with zero attached hydrogens (tertiary/aromatic N) is 3. The van der Waals surface area contributed by atoms with Crippen molar-refractivity contribution in [2.24, 2.45) is 0 Å². The molecule has 154 valence electrons. The molecule has 0 amide bonds. The molecule has 0 aliphatic carbocycles. The van der Waals surface area contributed by atoms with Gasteiger partial charge in [0.15, 0.2) is 0 Å². The molecule has 30 heavy (non-hydrogen) atoms. The molecule has 4 heterocycles. The summed E-state index contributed by atoms with van der Waals surface area (Å²) in [6.45, 7) is 7.39. The van der Waals surface area contributed by atoms with Crippen molar-refractivity contribution >= 4 is 31.8 Å². The standard InChI is InChI=1S/C24H25N3O2S/c1-4-24(3)13-19-17(14-29-24)12-18-20-21(30-22(18)26-19)23(28)27(15(2)25-20)11-10-16-8-6-5-7-9-16/h5-9,12H,4,10-11,13-14H2,1-3H3. The molecule has 4 aromatic rings. The van der Waals surface area contributed by atoms with E-state index in [9.17, 15) is 4.79 Å². The maximum Gasteiger partial charge on any atom is 0.271 e. The summed E-state index contributed by atoms with van der Waals surface area (Å²) < 4.78 is 8.58. The first-order valence-corrected chi connectivity index (χ1v) is 11.3. The molecule has 5 nitrogen and oxygen atoms in total. The first kappa shape index (κ1) is 19.4. The minimum atomic E-state index is -0.163. The topological polar surface area (TPSA) is 57.0 Å². The smallest absolute Gasteiger partial charge is 0.271 e. The highest BCUT2D eigenvalue weighted by molar-refractivity contribution is 7.25. The molecular formula is C24H25N3O2S. The molecule has 0 radical (unpaired) electrons. The third-order valence-electron chi connectivity index (χ3n) is 6.26. The number of hydrogen-bond acceptors (Lipinski definition) is 5. The van der Waals surface area contributed by atoms with Crippen LogP contribution in [0.5, 0.6) is 0 Å². The lowest BCUT2D eigenvalue weighted by molar-refractivity contribution is -0.0573. The molecule has 1 aliphatic rings. The minimum absolute atomic E-state index is 0.0315. The zero-order chi connectivity index (χ0) is 20.9. The normalized spacial score (nSPS) is 18.8. The molecule has 1 aromatic carbocycles. The Hall–Kier alpha value is -2.57. The maximum atomic E-state index is 13.3. The summed E-state index contributed by atoms with van der Waals surface area (Å²) in [7, 11) is 0. The fraction of sp³-hybridized carbons (Fsp3) is 0.375. The summed E-state index contributed by atoms with van der Waals surface area (Å²) in [6, 6.07) is 12.4. The van der Waals surface area contributed by atoms with E-state index in [4.69, 9.17) is 14.7 Å². The van der Waals surface area contributed by atoms with Crippen molar-refractivity contribution in [3.63, 3.8) is 0 Å². The predicted molar refractivity (Wildman–Crippen MR) is 121 cm³/mol. The van der Waals surface area contributed by atoms with E-state index < -0.39 is 0 Å². The largest absolute Gasteiger partial charge is 0.370 e. The van der Waals surface area contributed by atoms with Gasteiger partial charge in [0.1, 0.15) is 15.4 Å². The van der Waals surface area contributed by atoms with Gasteiger partial charge in [-0.1, -0.05) is 37.3 Å². The lowest BCUT2D eigenvalue weighted by Gasteiger charge is -2.33. The number of aryl methyl sites for hydroxylation is 2. The zero-order valence-corrected chi connectivity index (χ0v) is 18.4. The van der Waals surface area contributed by atoms with E-state index in [1.165, 1.54) is 16.9 Å². The molecular weight excluding hydrogens is 394 g/mol. The van der Waals surface area contributed by atoms with E-state index in [0.717, 1.165) is 52.1 Å². The Bertz CT molecular complexity index is 1310. The van der Waals surface area contributed by atoms with Crippen LogP contribution in [0.1, 0.15) is 42.9 Å². The Morgan fingerprint density at radius 3 is 2.80 bits per heavy atom. The second-order valence-corrected chi connectivity index (χ2v) is 9.35. The lowest BCUT2D eigenvalue weighted by Crippen LogP contribution is -2.35. The second-order valence-electron chi connectivity index (χ2n) is 8.35. The molecule has 1 atom stereocenters. The highest BCUT2D eigenvalue weighted by atomic mass is 32.1. The molecule has 0 bridgehead atoms. The highest BCUT2D eigenvalue weighted by Crippen LogP contribution is 2.35. The van der Waals surface area contributed by atoms with Gasteiger partial charge in [0.25, 0.3) is 5.56 Å². The van der Waals surface area contributed by atoms with Crippen LogP contribution in [0.4, 0.5) is 0 Å². The average molecular weight is 420 g/mol. The minimum Gasteiger partial charge on any atom is -0.370 e. The van der Waals surface area contributed by atoms with E-state index in [0.29, 0.717) is 17.9 Å². The van der Waals surface area contributed by atoms with Gasteiger partial charge in [0, 0.05) is 23.9 Å². The first-order chi connectivity index (χ1) is 14.5. The van der Waals surface area contributed by atoms with Crippen molar-refractivity contribution in [1.82, 2.24) is 14.5 Å². The number of rotatable bonds is 4. The van der Waals surface area contributed by atoms with Crippen molar-refractivity contribution in [1.29, 1.82) is 0 Å². The van der Waals surface area contributed by atoms with E-state index in [1.807, 2.05) is 25.1 Å². The lowest BCUT2D eigenvalue weighted by atomic mass is 9.91. The van der Waals surface area contributed by atoms with E-state index in [1.54, 1.807) is 4.57 Å². The number of hydrogen-bond donors (Lipinski definition) is 0. The van der Waals surface area contributed by atoms with Crippen molar-refractivity contribution in [2.75, 3.05) is 0 Å². The maximum absolute atomic E-state index is 13.3. The van der Waals surface area contributed by atoms with Gasteiger partial charge in [-0.05, 0) is 38.3 Å². The number of pyridine rings is 1. The number of aromatic nitrogens is 3. The number of thiophene rings is 1. The highest BCUT2D eigenvalue weighted by Gasteiger charge is 2.31. The predicted octanol–water partition coefficient (Wildman–Crippen LogP) is 4.80. The number of benzene rings is 1. The summed E-state index contributed by atoms with van der Waals surface area (Å²) in [5.74, 6) is 0.746. The Morgan fingerprint density at radius 2 is 2.03 bits per heavy atom. The molecule has 1 aliphatic heterocycles. The molecule has 3 aromatic heterocycles. The van der Waals surface area contributed by atoms with Crippen molar-refractivity contribution < 1.29 is 4.74 Å². The van der Waals surface area contributed by atoms with Gasteiger partial charge in [-0.25, -0.2) is 9.97 Å². The van der Waals surface area contributed by atoms with Crippen LogP contribution in [-0.2, 0) is 30.7 Å². The molecule has 5 rings (SSSR count). The summed E-state index contributed by atoms with van der Waals surface area (Å²) in [5.41, 5.74) is 4.06. The van der Waals surface area contributed by atoms with Gasteiger partial charge in [0.2, 0.25) is 0 Å². The monoisotopic (exact) mass is 419 g/mol. The summed E-state index contributed by atoms with van der Waals surface area (Å²) in [5, 5.41) is 0.966. The molecule has 0 fully saturated rings. The average Bonchev–Trinajstić information content (AvgIpc) is 3.10. The Balaban J connectivity index is 1.58. The Labute approximate surface area is 179 Å². The zero-order valence-electron chi connectivity index (χ0n) is 17.6. The van der Waals surface area contributed by atoms with Crippen molar-refractivity contribution in [3.05, 3.63) is 69.4 Å². The summed E-state index contributed by atoms with van der Waals surface area (Å²) >= 11 is 1.47. The molecule has 0 saturated carbocycles. The number of ether oxygens (including phenoxy) is 1. The first-order valence-electron chi connectivity index (χ1n) is 10.5. The van der Waals surface area contributed by atoms with Gasteiger partial charge in [-0.15, -0.1) is 11.3 Å². The molecule has 0 spiro atoms. The summed E-state index contributed by atoms with van der Waals surface area (Å²) in [6.07, 6.45) is 2.56. The van der Waals surface area contributed by atoms with Crippen molar-refractivity contribution in [3.8, 4) is 0 Å². The molecule has 0 saturated heterocycles. The van der Waals surface area contributed by atoms with Crippen LogP contribution in [0.15, 0.2) is 41.2 Å². The van der Waals surface area contributed by atoms with Crippen LogP contribution in [0.3, 0.4) is 0 Å². The second kappa shape index (κ2) is 7.29. The molecule has 0 N–H and O–H groups in total. The molecule has 6 heteroatoms. The molecule has 1 unspecified atom stereocenters. The summed E-state index contributed by atoms with van der Waals surface area (Å²) in [4.78, 5) is 24.0. The van der Waals surface area contributed by atoms with E-state index >= 15 is 0 Å². The third kappa shape index (κ3) is 3.24. The SMILES string of the molecule is CCC1(C)Cc2nc3sc4c(=O)n(CCc5ccccc5)c(C)nc4c3cc2CO1. The van der Waals surface area contributed by atoms with E-state index in [-0.39, 0.29) is 11.2 Å². The van der Waals surface area contributed by atoms with Crippen LogP contribution >= 0.6 is 11.3 Å². The van der Waals surface area contributed by atoms with Crippen LogP contribution < -0.4 is 5.56 Å². The van der Waals surface area contributed by atoms with Gasteiger partial charge in [-0.3, -0.25) is 9.36 Å². The Kier molecular flexibility index (Phi) is 4.71. The fourth-order valence-electron chi connectivity index (χ4n) is 4.15. The van der Waals surface area contributed by atoms with Gasteiger partial charge in [-0.2, -0.15) is 0 Å². The van der Waals surface area contributed by atoms with Gasteiger partial charge < -0.3 is 4.74 Å². The van der Waals surface area contributed by atoms with Crippen LogP contribution in [-0.4, -0.2) is 20.1 Å². The third-order valence-corrected chi connectivity index (χ3v) is 7.34.